The zero-order chi connectivity index (χ0) is 14.2. The minimum atomic E-state index is -6.41. The molecule has 0 radical (unpaired) electrons. The average Bonchev–Trinajstić information content (AvgIpc) is 2.18. The second-order valence-electron chi connectivity index (χ2n) is 3.04. The standard InChI is InChI=1S/C8H5BrF4O4S.Li/c9-5-1-3-6(4-2-5)17-8(13,7(10,11)12)18(14,15)16;/h1-4H,(H,14,15,16);/q;+1/p-1. The Bertz CT molecular complexity index is 533. The molecule has 1 rings (SSSR count). The maximum absolute atomic E-state index is 13.3. The van der Waals surface area contributed by atoms with Gasteiger partial charge < -0.3 is 9.29 Å². The largest absolute Gasteiger partial charge is 1.00 e. The van der Waals surface area contributed by atoms with Gasteiger partial charge in [-0.3, -0.25) is 0 Å². The van der Waals surface area contributed by atoms with E-state index in [4.69, 9.17) is 0 Å². The molecule has 0 aromatic heterocycles. The van der Waals surface area contributed by atoms with Crippen LogP contribution in [0.4, 0.5) is 17.6 Å². The van der Waals surface area contributed by atoms with Crippen molar-refractivity contribution in [2.24, 2.45) is 0 Å². The van der Waals surface area contributed by atoms with Gasteiger partial charge in [0.15, 0.2) is 10.1 Å². The number of alkyl halides is 4. The van der Waals surface area contributed by atoms with E-state index < -0.39 is 27.2 Å². The second-order valence-corrected chi connectivity index (χ2v) is 5.39. The molecule has 0 N–H and O–H groups in total. The normalized spacial score (nSPS) is 15.3. The quantitative estimate of drug-likeness (QED) is 0.417. The summed E-state index contributed by atoms with van der Waals surface area (Å²) in [7, 11) is -6.41. The monoisotopic (exact) mass is 358 g/mol. The first-order chi connectivity index (χ1) is 7.97. The van der Waals surface area contributed by atoms with Crippen molar-refractivity contribution in [3.05, 3.63) is 28.7 Å². The SMILES string of the molecule is O=S(=O)([O-])C(F)(Oc1ccc(Br)cc1)C(F)(F)F.[Li+]. The van der Waals surface area contributed by atoms with E-state index in [2.05, 4.69) is 20.7 Å². The van der Waals surface area contributed by atoms with Gasteiger partial charge in [-0.05, 0) is 24.3 Å². The first kappa shape index (κ1) is 18.7. The van der Waals surface area contributed by atoms with Crippen LogP contribution in [-0.4, -0.2) is 24.3 Å². The Kier molecular flexibility index (Phi) is 5.92. The fourth-order valence-electron chi connectivity index (χ4n) is 0.905. The number of hydrogen-bond donors (Lipinski definition) is 0. The van der Waals surface area contributed by atoms with Crippen molar-refractivity contribution < 1.29 is 54.1 Å². The molecule has 0 aliphatic heterocycles. The van der Waals surface area contributed by atoms with Gasteiger partial charge in [-0.2, -0.15) is 17.6 Å². The average molecular weight is 359 g/mol. The van der Waals surface area contributed by atoms with Gasteiger partial charge in [0.2, 0.25) is 0 Å². The van der Waals surface area contributed by atoms with E-state index in [1.165, 1.54) is 12.1 Å². The Morgan fingerprint density at radius 1 is 1.11 bits per heavy atom. The summed E-state index contributed by atoms with van der Waals surface area (Å²) >= 11 is 2.95. The van der Waals surface area contributed by atoms with Crippen LogP contribution < -0.4 is 23.6 Å². The minimum absolute atomic E-state index is 0. The summed E-state index contributed by atoms with van der Waals surface area (Å²) < 4.78 is 85.4. The zero-order valence-electron chi connectivity index (χ0n) is 9.24. The van der Waals surface area contributed by atoms with Crippen molar-refractivity contribution >= 4 is 26.0 Å². The number of ether oxygens (including phenoxy) is 1. The van der Waals surface area contributed by atoms with Crippen LogP contribution in [0.1, 0.15) is 0 Å². The molecule has 0 fully saturated rings. The van der Waals surface area contributed by atoms with E-state index in [1.807, 2.05) is 0 Å². The Hall–Kier alpha value is -0.273. The van der Waals surface area contributed by atoms with E-state index >= 15 is 0 Å². The molecule has 0 saturated heterocycles. The molecule has 0 saturated carbocycles. The first-order valence-electron chi connectivity index (χ1n) is 4.13. The molecule has 102 valence electrons. The number of rotatable bonds is 3. The molecule has 0 amide bonds. The van der Waals surface area contributed by atoms with Gasteiger partial charge in [-0.25, -0.2) is 8.42 Å². The Balaban J connectivity index is 0.00000324. The van der Waals surface area contributed by atoms with Crippen LogP contribution in [0.3, 0.4) is 0 Å². The van der Waals surface area contributed by atoms with E-state index in [0.717, 1.165) is 12.1 Å². The molecular formula is C8H4BrF4LiO4S. The first-order valence-corrected chi connectivity index (χ1v) is 6.33. The van der Waals surface area contributed by atoms with E-state index in [-0.39, 0.29) is 18.9 Å². The summed E-state index contributed by atoms with van der Waals surface area (Å²) in [6.07, 6.45) is -6.01. The van der Waals surface area contributed by atoms with Crippen molar-refractivity contribution in [3.8, 4) is 5.75 Å². The molecule has 0 bridgehead atoms. The van der Waals surface area contributed by atoms with Crippen molar-refractivity contribution in [3.63, 3.8) is 0 Å². The molecule has 1 unspecified atom stereocenters. The summed E-state index contributed by atoms with van der Waals surface area (Å²) in [6.45, 7) is 0. The maximum Gasteiger partial charge on any atom is 1.00 e. The zero-order valence-corrected chi connectivity index (χ0v) is 11.6. The van der Waals surface area contributed by atoms with Crippen molar-refractivity contribution in [2.75, 3.05) is 0 Å². The maximum atomic E-state index is 13.3. The van der Waals surface area contributed by atoms with Crippen LogP contribution >= 0.6 is 15.9 Å². The van der Waals surface area contributed by atoms with E-state index in [1.54, 1.807) is 0 Å². The molecule has 0 aliphatic carbocycles. The second kappa shape index (κ2) is 6.01. The minimum Gasteiger partial charge on any atom is -0.742 e. The molecule has 1 aromatic carbocycles. The predicted octanol–water partition coefficient (Wildman–Crippen LogP) is -0.437. The summed E-state index contributed by atoms with van der Waals surface area (Å²) in [5.74, 6) is -0.752. The van der Waals surface area contributed by atoms with Gasteiger partial charge in [0.25, 0.3) is 0 Å². The van der Waals surface area contributed by atoms with Gasteiger partial charge in [0.1, 0.15) is 5.75 Å². The van der Waals surface area contributed by atoms with Gasteiger partial charge in [0, 0.05) is 4.47 Å². The topological polar surface area (TPSA) is 66.4 Å². The number of hydrogen-bond acceptors (Lipinski definition) is 4. The molecule has 1 aromatic rings. The van der Waals surface area contributed by atoms with Gasteiger partial charge >= 0.3 is 30.2 Å². The van der Waals surface area contributed by atoms with Crippen LogP contribution in [0.2, 0.25) is 0 Å². The molecule has 11 heteroatoms. The van der Waals surface area contributed by atoms with Crippen LogP contribution in [0.15, 0.2) is 28.7 Å². The molecule has 0 spiro atoms. The van der Waals surface area contributed by atoms with E-state index in [9.17, 15) is 30.5 Å². The molecule has 4 nitrogen and oxygen atoms in total. The molecule has 0 heterocycles. The van der Waals surface area contributed by atoms with Crippen LogP contribution in [0, 0.1) is 0 Å². The van der Waals surface area contributed by atoms with Gasteiger partial charge in [-0.1, -0.05) is 15.9 Å². The molecule has 0 aliphatic rings. The Labute approximate surface area is 126 Å². The summed E-state index contributed by atoms with van der Waals surface area (Å²) in [4.78, 5) is 0. The third-order valence-electron chi connectivity index (χ3n) is 1.72. The van der Waals surface area contributed by atoms with Crippen LogP contribution in [-0.2, 0) is 10.1 Å². The summed E-state index contributed by atoms with van der Waals surface area (Å²) in [6, 6.07) is 4.11. The van der Waals surface area contributed by atoms with E-state index in [0.29, 0.717) is 4.47 Å². The third-order valence-corrected chi connectivity index (χ3v) is 3.21. The Morgan fingerprint density at radius 3 is 1.84 bits per heavy atom. The van der Waals surface area contributed by atoms with Crippen LogP contribution in [0.5, 0.6) is 5.75 Å². The number of benzene rings is 1. The van der Waals surface area contributed by atoms with Crippen molar-refractivity contribution in [1.29, 1.82) is 0 Å². The van der Waals surface area contributed by atoms with Gasteiger partial charge in [-0.15, -0.1) is 0 Å². The molecule has 1 atom stereocenters. The Morgan fingerprint density at radius 2 is 1.53 bits per heavy atom. The summed E-state index contributed by atoms with van der Waals surface area (Å²) in [5, 5.41) is -5.33. The molecule has 19 heavy (non-hydrogen) atoms. The number of halogens is 5. The summed E-state index contributed by atoms with van der Waals surface area (Å²) in [5.41, 5.74) is 0. The van der Waals surface area contributed by atoms with Crippen molar-refractivity contribution in [1.82, 2.24) is 0 Å². The smallest absolute Gasteiger partial charge is 0.742 e. The molecular weight excluding hydrogens is 355 g/mol. The fourth-order valence-corrected chi connectivity index (χ4v) is 1.65. The van der Waals surface area contributed by atoms with Gasteiger partial charge in [0.05, 0.1) is 0 Å². The third kappa shape index (κ3) is 4.09. The van der Waals surface area contributed by atoms with Crippen molar-refractivity contribution in [2.45, 2.75) is 11.4 Å². The predicted molar refractivity (Wildman–Crippen MR) is 54.4 cm³/mol. The van der Waals surface area contributed by atoms with Crippen LogP contribution in [0.25, 0.3) is 0 Å². The fraction of sp³-hybridized carbons (Fsp3) is 0.250.